The number of hydrogen-bond donors (Lipinski definition) is 2. The van der Waals surface area contributed by atoms with Crippen LogP contribution in [0.5, 0.6) is 5.75 Å². The number of hydrazone groups is 1. The number of carbonyl (C=O) groups is 2. The molecule has 2 N–H and O–H groups in total. The smallest absolute Gasteiger partial charge is 0.416 e. The monoisotopic (exact) mass is 525 g/mol. The fraction of sp³-hybridized carbons (Fsp3) is 0.0741. The lowest BCUT2D eigenvalue weighted by Gasteiger charge is -2.11. The number of amides is 2. The van der Waals surface area contributed by atoms with E-state index in [1.165, 1.54) is 6.21 Å². The summed E-state index contributed by atoms with van der Waals surface area (Å²) < 4.78 is 44.6. The fourth-order valence-corrected chi connectivity index (χ4v) is 3.62. The highest BCUT2D eigenvalue weighted by molar-refractivity contribution is 6.41. The van der Waals surface area contributed by atoms with Crippen LogP contribution in [0.4, 0.5) is 18.9 Å². The molecule has 0 radical (unpaired) electrons. The predicted octanol–water partition coefficient (Wildman–Crippen LogP) is 6.18. The summed E-state index contributed by atoms with van der Waals surface area (Å²) >= 11 is 5.83. The largest absolute Gasteiger partial charge is 0.489 e. The highest BCUT2D eigenvalue weighted by Crippen LogP contribution is 2.33. The molecule has 10 heteroatoms. The van der Waals surface area contributed by atoms with Crippen molar-refractivity contribution in [1.82, 2.24) is 5.43 Å². The molecule has 6 nitrogen and oxygen atoms in total. The summed E-state index contributed by atoms with van der Waals surface area (Å²) in [6.45, 7) is 0.344. The molecule has 0 bridgehead atoms. The molecule has 188 valence electrons. The number of benzene rings is 4. The second kappa shape index (κ2) is 11.1. The number of nitrogens with one attached hydrogen (secondary N) is 2. The summed E-state index contributed by atoms with van der Waals surface area (Å²) in [5, 5.41) is 7.83. The number of rotatable bonds is 6. The van der Waals surface area contributed by atoms with Crippen LogP contribution in [0.25, 0.3) is 10.8 Å². The first-order valence-corrected chi connectivity index (χ1v) is 11.3. The Balaban J connectivity index is 1.35. The van der Waals surface area contributed by atoms with E-state index in [0.717, 1.165) is 28.5 Å². The van der Waals surface area contributed by atoms with E-state index in [-0.39, 0.29) is 10.7 Å². The van der Waals surface area contributed by atoms with Gasteiger partial charge in [-0.05, 0) is 52.2 Å². The van der Waals surface area contributed by atoms with Crippen molar-refractivity contribution >= 4 is 46.1 Å². The van der Waals surface area contributed by atoms with E-state index in [4.69, 9.17) is 16.3 Å². The van der Waals surface area contributed by atoms with Crippen LogP contribution in [0.3, 0.4) is 0 Å². The Bertz CT molecular complexity index is 1480. The normalized spacial score (nSPS) is 11.5. The molecule has 0 saturated carbocycles. The number of hydrogen-bond acceptors (Lipinski definition) is 4. The molecule has 2 amide bonds. The molecular weight excluding hydrogens is 507 g/mol. The molecule has 0 aromatic heterocycles. The zero-order chi connectivity index (χ0) is 26.4. The summed E-state index contributed by atoms with van der Waals surface area (Å²) in [6.07, 6.45) is -3.34. The third-order valence-electron chi connectivity index (χ3n) is 5.26. The zero-order valence-electron chi connectivity index (χ0n) is 19.1. The minimum Gasteiger partial charge on any atom is -0.489 e. The average Bonchev–Trinajstić information content (AvgIpc) is 2.88. The van der Waals surface area contributed by atoms with Crippen LogP contribution < -0.4 is 15.5 Å². The standard InChI is InChI=1S/C27H19ClF3N3O3/c28-23-12-11-20(27(29,30)31)14-24(23)33-25(35)26(36)34-32-15-17-5-3-9-21(13-17)37-16-19-8-4-7-18-6-1-2-10-22(18)19/h1-15H,16H2,(H,33,35)(H,34,36)/b32-15+. The van der Waals surface area contributed by atoms with Crippen molar-refractivity contribution < 1.29 is 27.5 Å². The molecule has 0 unspecified atom stereocenters. The predicted molar refractivity (Wildman–Crippen MR) is 136 cm³/mol. The van der Waals surface area contributed by atoms with Crippen LogP contribution in [-0.2, 0) is 22.4 Å². The molecule has 0 aliphatic heterocycles. The molecule has 0 saturated heterocycles. The summed E-state index contributed by atoms with van der Waals surface area (Å²) in [4.78, 5) is 24.1. The number of anilines is 1. The van der Waals surface area contributed by atoms with Gasteiger partial charge in [0.15, 0.2) is 0 Å². The van der Waals surface area contributed by atoms with Crippen molar-refractivity contribution in [3.63, 3.8) is 0 Å². The SMILES string of the molecule is O=C(N/N=C/c1cccc(OCc2cccc3ccccc23)c1)C(=O)Nc1cc(C(F)(F)F)ccc1Cl. The first-order chi connectivity index (χ1) is 17.7. The Hall–Kier alpha value is -4.37. The Morgan fingerprint density at radius 1 is 0.919 bits per heavy atom. The highest BCUT2D eigenvalue weighted by atomic mass is 35.5. The highest BCUT2D eigenvalue weighted by Gasteiger charge is 2.31. The fourth-order valence-electron chi connectivity index (χ4n) is 3.46. The van der Waals surface area contributed by atoms with Crippen LogP contribution in [0.1, 0.15) is 16.7 Å². The first kappa shape index (κ1) is 25.7. The van der Waals surface area contributed by atoms with Gasteiger partial charge in [-0.3, -0.25) is 9.59 Å². The molecule has 4 rings (SSSR count). The molecule has 4 aromatic carbocycles. The van der Waals surface area contributed by atoms with Gasteiger partial charge in [0, 0.05) is 0 Å². The van der Waals surface area contributed by atoms with Gasteiger partial charge in [0.1, 0.15) is 12.4 Å². The summed E-state index contributed by atoms with van der Waals surface area (Å²) in [5.74, 6) is -1.85. The maximum Gasteiger partial charge on any atom is 0.416 e. The Kier molecular flexibility index (Phi) is 7.74. The van der Waals surface area contributed by atoms with Gasteiger partial charge in [-0.25, -0.2) is 5.43 Å². The molecule has 0 aliphatic carbocycles. The van der Waals surface area contributed by atoms with Gasteiger partial charge in [0.25, 0.3) is 0 Å². The van der Waals surface area contributed by atoms with Crippen molar-refractivity contribution in [2.24, 2.45) is 5.10 Å². The third kappa shape index (κ3) is 6.65. The average molecular weight is 526 g/mol. The molecule has 0 fully saturated rings. The maximum atomic E-state index is 12.9. The number of halogens is 4. The molecule has 0 aliphatic rings. The summed E-state index contributed by atoms with van der Waals surface area (Å²) in [7, 11) is 0. The van der Waals surface area contributed by atoms with Crippen LogP contribution in [-0.4, -0.2) is 18.0 Å². The van der Waals surface area contributed by atoms with Crippen molar-refractivity contribution in [3.05, 3.63) is 107 Å². The van der Waals surface area contributed by atoms with Crippen molar-refractivity contribution in [1.29, 1.82) is 0 Å². The first-order valence-electron chi connectivity index (χ1n) is 10.9. The third-order valence-corrected chi connectivity index (χ3v) is 5.59. The van der Waals surface area contributed by atoms with Gasteiger partial charge in [0.05, 0.1) is 22.5 Å². The summed E-state index contributed by atoms with van der Waals surface area (Å²) in [5.41, 5.74) is 2.26. The van der Waals surface area contributed by atoms with Crippen molar-refractivity contribution in [3.8, 4) is 5.75 Å². The van der Waals surface area contributed by atoms with Gasteiger partial charge in [-0.15, -0.1) is 0 Å². The van der Waals surface area contributed by atoms with Crippen LogP contribution in [0.2, 0.25) is 5.02 Å². The Morgan fingerprint density at radius 2 is 1.68 bits per heavy atom. The topological polar surface area (TPSA) is 79.8 Å². The van der Waals surface area contributed by atoms with E-state index < -0.39 is 23.6 Å². The number of fused-ring (bicyclic) bond motifs is 1. The number of nitrogens with zero attached hydrogens (tertiary/aromatic N) is 1. The van der Waals surface area contributed by atoms with E-state index >= 15 is 0 Å². The van der Waals surface area contributed by atoms with Crippen LogP contribution in [0, 0.1) is 0 Å². The van der Waals surface area contributed by atoms with Gasteiger partial charge < -0.3 is 10.1 Å². The van der Waals surface area contributed by atoms with Crippen LogP contribution >= 0.6 is 11.6 Å². The molecule has 0 spiro atoms. The van der Waals surface area contributed by atoms with Crippen molar-refractivity contribution in [2.45, 2.75) is 12.8 Å². The Morgan fingerprint density at radius 3 is 2.49 bits per heavy atom. The molecular formula is C27H19ClF3N3O3. The second-order valence-corrected chi connectivity index (χ2v) is 8.25. The lowest BCUT2D eigenvalue weighted by atomic mass is 10.1. The molecule has 4 aromatic rings. The van der Waals surface area contributed by atoms with E-state index in [0.29, 0.717) is 24.0 Å². The lowest BCUT2D eigenvalue weighted by Crippen LogP contribution is -2.32. The molecule has 37 heavy (non-hydrogen) atoms. The number of ether oxygens (including phenoxy) is 1. The lowest BCUT2D eigenvalue weighted by molar-refractivity contribution is -0.137. The second-order valence-electron chi connectivity index (χ2n) is 7.85. The van der Waals surface area contributed by atoms with E-state index in [9.17, 15) is 22.8 Å². The van der Waals surface area contributed by atoms with Gasteiger partial charge >= 0.3 is 18.0 Å². The Labute approximate surface area is 214 Å². The molecule has 0 atom stereocenters. The minimum atomic E-state index is -4.64. The zero-order valence-corrected chi connectivity index (χ0v) is 19.8. The minimum absolute atomic E-state index is 0.155. The van der Waals surface area contributed by atoms with E-state index in [1.807, 2.05) is 53.2 Å². The number of alkyl halides is 3. The van der Waals surface area contributed by atoms with Gasteiger partial charge in [-0.2, -0.15) is 18.3 Å². The van der Waals surface area contributed by atoms with Gasteiger partial charge in [-0.1, -0.05) is 66.2 Å². The van der Waals surface area contributed by atoms with Gasteiger partial charge in [0.2, 0.25) is 0 Å². The quantitative estimate of drug-likeness (QED) is 0.179. The van der Waals surface area contributed by atoms with E-state index in [2.05, 4.69) is 5.10 Å². The number of carbonyl (C=O) groups excluding carboxylic acids is 2. The van der Waals surface area contributed by atoms with Crippen molar-refractivity contribution in [2.75, 3.05) is 5.32 Å². The molecule has 0 heterocycles. The summed E-state index contributed by atoms with van der Waals surface area (Å²) in [6, 6.07) is 23.3. The van der Waals surface area contributed by atoms with E-state index in [1.54, 1.807) is 24.3 Å². The van der Waals surface area contributed by atoms with Crippen LogP contribution in [0.15, 0.2) is 90.0 Å². The maximum absolute atomic E-state index is 12.9.